The number of carbonyl (C=O) groups is 1. The zero-order chi connectivity index (χ0) is 18.2. The second kappa shape index (κ2) is 14.7. The van der Waals surface area contributed by atoms with Crippen molar-refractivity contribution in [2.24, 2.45) is 0 Å². The van der Waals surface area contributed by atoms with Gasteiger partial charge in [0.1, 0.15) is 0 Å². The van der Waals surface area contributed by atoms with Crippen LogP contribution >= 0.6 is 0 Å². The summed E-state index contributed by atoms with van der Waals surface area (Å²) in [7, 11) is 0. The number of carboxylic acids is 1. The summed E-state index contributed by atoms with van der Waals surface area (Å²) in [6, 6.07) is 0. The van der Waals surface area contributed by atoms with Crippen LogP contribution < -0.4 is 0 Å². The van der Waals surface area contributed by atoms with Crippen LogP contribution in [0.2, 0.25) is 0 Å². The molecule has 2 atom stereocenters. The van der Waals surface area contributed by atoms with E-state index in [4.69, 9.17) is 9.84 Å². The Morgan fingerprint density at radius 2 is 1.44 bits per heavy atom. The first-order valence-corrected chi connectivity index (χ1v) is 9.71. The molecule has 1 aliphatic heterocycles. The molecule has 0 aromatic carbocycles. The highest BCUT2D eigenvalue weighted by Gasteiger charge is 2.35. The molecule has 1 saturated heterocycles. The van der Waals surface area contributed by atoms with Gasteiger partial charge in [-0.25, -0.2) is 0 Å². The number of unbranched alkanes of at least 4 members (excludes halogenated alkanes) is 3. The van der Waals surface area contributed by atoms with Crippen molar-refractivity contribution in [2.45, 2.75) is 83.3 Å². The van der Waals surface area contributed by atoms with Gasteiger partial charge in [-0.1, -0.05) is 62.0 Å². The van der Waals surface area contributed by atoms with Crippen LogP contribution in [0.5, 0.6) is 0 Å². The number of hydrogen-bond donors (Lipinski definition) is 1. The summed E-state index contributed by atoms with van der Waals surface area (Å²) in [4.78, 5) is 10.4. The van der Waals surface area contributed by atoms with Gasteiger partial charge in [0.25, 0.3) is 0 Å². The molecule has 1 aliphatic rings. The van der Waals surface area contributed by atoms with Crippen molar-refractivity contribution in [3.05, 3.63) is 48.6 Å². The normalized spacial score (nSPS) is 20.5. The third-order valence-corrected chi connectivity index (χ3v) is 4.20. The van der Waals surface area contributed by atoms with E-state index in [1.165, 1.54) is 0 Å². The van der Waals surface area contributed by atoms with E-state index in [0.717, 1.165) is 57.8 Å². The van der Waals surface area contributed by atoms with Crippen LogP contribution in [-0.2, 0) is 9.53 Å². The average Bonchev–Trinajstić information content (AvgIpc) is 3.36. The molecule has 0 amide bonds. The van der Waals surface area contributed by atoms with E-state index >= 15 is 0 Å². The van der Waals surface area contributed by atoms with Crippen molar-refractivity contribution >= 4 is 5.97 Å². The van der Waals surface area contributed by atoms with E-state index in [1.54, 1.807) is 0 Å². The number of hydrogen-bond acceptors (Lipinski definition) is 2. The summed E-state index contributed by atoms with van der Waals surface area (Å²) in [6.45, 7) is 2.17. The number of allylic oxidation sites excluding steroid dienone is 7. The predicted molar refractivity (Wildman–Crippen MR) is 105 cm³/mol. The van der Waals surface area contributed by atoms with Crippen LogP contribution in [-0.4, -0.2) is 23.3 Å². The van der Waals surface area contributed by atoms with Crippen LogP contribution in [0.4, 0.5) is 0 Å². The molecule has 0 radical (unpaired) electrons. The fourth-order valence-corrected chi connectivity index (χ4v) is 2.62. The summed E-state index contributed by atoms with van der Waals surface area (Å²) < 4.78 is 5.49. The molecular formula is C22H34O3. The van der Waals surface area contributed by atoms with Crippen molar-refractivity contribution in [1.82, 2.24) is 0 Å². The lowest BCUT2D eigenvalue weighted by molar-refractivity contribution is -0.137. The minimum Gasteiger partial charge on any atom is -0.481 e. The third-order valence-electron chi connectivity index (χ3n) is 4.20. The first-order chi connectivity index (χ1) is 12.2. The highest BCUT2D eigenvalue weighted by molar-refractivity contribution is 5.66. The molecular weight excluding hydrogens is 312 g/mol. The van der Waals surface area contributed by atoms with Crippen molar-refractivity contribution < 1.29 is 14.6 Å². The lowest BCUT2D eigenvalue weighted by atomic mass is 10.1. The lowest BCUT2D eigenvalue weighted by Crippen LogP contribution is -1.93. The first-order valence-electron chi connectivity index (χ1n) is 9.71. The fourth-order valence-electron chi connectivity index (χ4n) is 2.62. The SMILES string of the molecule is CCC1OC1C/C=C\C/C=C\C/C=C\C/C=C\CCCCCC(=O)O. The van der Waals surface area contributed by atoms with Crippen molar-refractivity contribution in [3.8, 4) is 0 Å². The third kappa shape index (κ3) is 13.4. The van der Waals surface area contributed by atoms with E-state index in [1.807, 2.05) is 0 Å². The molecule has 0 aromatic heterocycles. The number of ether oxygens (including phenoxy) is 1. The molecule has 1 fully saturated rings. The van der Waals surface area contributed by atoms with E-state index in [-0.39, 0.29) is 0 Å². The zero-order valence-electron chi connectivity index (χ0n) is 15.6. The van der Waals surface area contributed by atoms with E-state index in [9.17, 15) is 4.79 Å². The minimum atomic E-state index is -0.691. The second-order valence-corrected chi connectivity index (χ2v) is 6.44. The number of epoxide rings is 1. The average molecular weight is 347 g/mol. The number of rotatable bonds is 15. The van der Waals surface area contributed by atoms with Gasteiger partial charge >= 0.3 is 5.97 Å². The molecule has 0 spiro atoms. The predicted octanol–water partition coefficient (Wildman–Crippen LogP) is 5.98. The van der Waals surface area contributed by atoms with Gasteiger partial charge in [0.15, 0.2) is 0 Å². The Morgan fingerprint density at radius 3 is 2.00 bits per heavy atom. The van der Waals surface area contributed by atoms with Crippen molar-refractivity contribution in [3.63, 3.8) is 0 Å². The van der Waals surface area contributed by atoms with Gasteiger partial charge in [-0.15, -0.1) is 0 Å². The molecule has 3 heteroatoms. The largest absolute Gasteiger partial charge is 0.481 e. The molecule has 25 heavy (non-hydrogen) atoms. The highest BCUT2D eigenvalue weighted by atomic mass is 16.6. The van der Waals surface area contributed by atoms with Gasteiger partial charge in [0.05, 0.1) is 12.2 Å². The van der Waals surface area contributed by atoms with E-state index in [2.05, 4.69) is 55.5 Å². The summed E-state index contributed by atoms with van der Waals surface area (Å²) in [5.41, 5.74) is 0. The summed E-state index contributed by atoms with van der Waals surface area (Å²) >= 11 is 0. The van der Waals surface area contributed by atoms with Gasteiger partial charge in [-0.05, 0) is 51.4 Å². The fraction of sp³-hybridized carbons (Fsp3) is 0.591. The van der Waals surface area contributed by atoms with Crippen LogP contribution in [0.1, 0.15) is 71.1 Å². The Bertz CT molecular complexity index is 460. The Labute approximate surface area is 153 Å². The van der Waals surface area contributed by atoms with Gasteiger partial charge in [-0.2, -0.15) is 0 Å². The van der Waals surface area contributed by atoms with Crippen LogP contribution in [0.15, 0.2) is 48.6 Å². The van der Waals surface area contributed by atoms with Gasteiger partial charge in [0, 0.05) is 6.42 Å². The second-order valence-electron chi connectivity index (χ2n) is 6.44. The van der Waals surface area contributed by atoms with Gasteiger partial charge in [0.2, 0.25) is 0 Å². The monoisotopic (exact) mass is 346 g/mol. The molecule has 0 aromatic rings. The molecule has 1 N–H and O–H groups in total. The van der Waals surface area contributed by atoms with E-state index in [0.29, 0.717) is 18.6 Å². The molecule has 3 nitrogen and oxygen atoms in total. The Hall–Kier alpha value is -1.61. The van der Waals surface area contributed by atoms with Gasteiger partial charge in [-0.3, -0.25) is 4.79 Å². The smallest absolute Gasteiger partial charge is 0.303 e. The van der Waals surface area contributed by atoms with Crippen molar-refractivity contribution in [2.75, 3.05) is 0 Å². The summed E-state index contributed by atoms with van der Waals surface area (Å²) in [5, 5.41) is 8.53. The topological polar surface area (TPSA) is 49.8 Å². The Morgan fingerprint density at radius 1 is 0.840 bits per heavy atom. The highest BCUT2D eigenvalue weighted by Crippen LogP contribution is 2.28. The minimum absolute atomic E-state index is 0.296. The van der Waals surface area contributed by atoms with Crippen LogP contribution in [0.25, 0.3) is 0 Å². The number of carboxylic acid groups (broad SMARTS) is 1. The molecule has 0 aliphatic carbocycles. The molecule has 0 saturated carbocycles. The maximum Gasteiger partial charge on any atom is 0.303 e. The quantitative estimate of drug-likeness (QED) is 0.225. The van der Waals surface area contributed by atoms with E-state index < -0.39 is 5.97 Å². The summed E-state index contributed by atoms with van der Waals surface area (Å²) in [6.07, 6.45) is 28.0. The van der Waals surface area contributed by atoms with Gasteiger partial charge < -0.3 is 9.84 Å². The van der Waals surface area contributed by atoms with Crippen LogP contribution in [0, 0.1) is 0 Å². The standard InChI is InChI=1S/C22H34O3/c1-2-20-21(25-20)18-16-14-12-10-8-6-4-3-5-7-9-11-13-15-17-19-22(23)24/h3-4,7-10,14,16,20-21H,2,5-6,11-13,15,17-19H2,1H3,(H,23,24)/b4-3-,9-7-,10-8-,16-14-. The lowest BCUT2D eigenvalue weighted by Gasteiger charge is -1.94. The van der Waals surface area contributed by atoms with Crippen LogP contribution in [0.3, 0.4) is 0 Å². The maximum absolute atomic E-state index is 10.4. The molecule has 140 valence electrons. The number of aliphatic carboxylic acids is 1. The molecule has 1 rings (SSSR count). The Balaban J connectivity index is 1.86. The Kier molecular flexibility index (Phi) is 12.6. The molecule has 1 heterocycles. The molecule has 0 bridgehead atoms. The maximum atomic E-state index is 10.4. The zero-order valence-corrected chi connectivity index (χ0v) is 15.6. The summed E-state index contributed by atoms with van der Waals surface area (Å²) in [5.74, 6) is -0.691. The van der Waals surface area contributed by atoms with Crippen molar-refractivity contribution in [1.29, 1.82) is 0 Å². The molecule has 2 unspecified atom stereocenters. The first kappa shape index (κ1) is 21.4.